The number of nitrogens with one attached hydrogen (secondary N) is 1. The van der Waals surface area contributed by atoms with Crippen LogP contribution in [0.3, 0.4) is 0 Å². The van der Waals surface area contributed by atoms with E-state index in [1.54, 1.807) is 0 Å². The molecule has 0 radical (unpaired) electrons. The lowest BCUT2D eigenvalue weighted by molar-refractivity contribution is -0.0862. The predicted molar refractivity (Wildman–Crippen MR) is 82.9 cm³/mol. The summed E-state index contributed by atoms with van der Waals surface area (Å²) in [6, 6.07) is 1.67. The van der Waals surface area contributed by atoms with E-state index in [4.69, 9.17) is 0 Å². The third-order valence-electron chi connectivity index (χ3n) is 6.85. The van der Waals surface area contributed by atoms with Gasteiger partial charge in [0.2, 0.25) is 0 Å². The minimum Gasteiger partial charge on any atom is -0.316 e. The Morgan fingerprint density at radius 1 is 1.00 bits per heavy atom. The van der Waals surface area contributed by atoms with Gasteiger partial charge < -0.3 is 10.2 Å². The third-order valence-corrected chi connectivity index (χ3v) is 6.85. The molecule has 0 bridgehead atoms. The lowest BCUT2D eigenvalue weighted by Gasteiger charge is -2.58. The maximum atomic E-state index is 3.56. The van der Waals surface area contributed by atoms with Gasteiger partial charge in [-0.2, -0.15) is 0 Å². The molecule has 4 rings (SSSR count). The second-order valence-electron chi connectivity index (χ2n) is 8.52. The van der Waals surface area contributed by atoms with Crippen LogP contribution >= 0.6 is 0 Å². The first-order chi connectivity index (χ1) is 9.60. The highest BCUT2D eigenvalue weighted by Crippen LogP contribution is 2.50. The quantitative estimate of drug-likeness (QED) is 0.832. The van der Waals surface area contributed by atoms with Gasteiger partial charge in [0.1, 0.15) is 0 Å². The van der Waals surface area contributed by atoms with Crippen LogP contribution in [0.15, 0.2) is 0 Å². The van der Waals surface area contributed by atoms with Crippen molar-refractivity contribution in [3.8, 4) is 0 Å². The topological polar surface area (TPSA) is 18.5 Å². The second-order valence-corrected chi connectivity index (χ2v) is 8.52. The zero-order chi connectivity index (χ0) is 13.8. The van der Waals surface area contributed by atoms with Gasteiger partial charge in [-0.15, -0.1) is 0 Å². The van der Waals surface area contributed by atoms with Crippen molar-refractivity contribution in [3.63, 3.8) is 0 Å². The Bertz CT molecular complexity index is 348. The minimum atomic E-state index is 0.705. The highest BCUT2D eigenvalue weighted by molar-refractivity contribution is 5.05. The van der Waals surface area contributed by atoms with Crippen molar-refractivity contribution >= 4 is 0 Å². The van der Waals surface area contributed by atoms with E-state index in [2.05, 4.69) is 29.0 Å². The van der Waals surface area contributed by atoms with Crippen LogP contribution in [-0.4, -0.2) is 61.2 Å². The molecule has 1 aliphatic carbocycles. The number of rotatable bonds is 2. The monoisotopic (exact) mass is 277 g/mol. The predicted octanol–water partition coefficient (Wildman–Crippen LogP) is 1.93. The fraction of sp³-hybridized carbons (Fsp3) is 1.00. The number of nitrogens with zero attached hydrogens (tertiary/aromatic N) is 2. The summed E-state index contributed by atoms with van der Waals surface area (Å²) >= 11 is 0. The Kier molecular flexibility index (Phi) is 3.17. The lowest BCUT2D eigenvalue weighted by atomic mass is 9.63. The molecule has 3 saturated heterocycles. The van der Waals surface area contributed by atoms with Crippen LogP contribution < -0.4 is 5.32 Å². The van der Waals surface area contributed by atoms with Crippen molar-refractivity contribution in [2.24, 2.45) is 10.8 Å². The summed E-state index contributed by atoms with van der Waals surface area (Å²) in [7, 11) is 0. The van der Waals surface area contributed by atoms with Crippen LogP contribution in [0.25, 0.3) is 0 Å². The Hall–Kier alpha value is -0.120. The van der Waals surface area contributed by atoms with Gasteiger partial charge in [0.15, 0.2) is 0 Å². The molecule has 0 aromatic rings. The summed E-state index contributed by atoms with van der Waals surface area (Å²) in [5, 5.41) is 3.56. The Morgan fingerprint density at radius 3 is 2.25 bits per heavy atom. The van der Waals surface area contributed by atoms with Gasteiger partial charge in [-0.25, -0.2) is 0 Å². The molecule has 0 unspecified atom stereocenters. The van der Waals surface area contributed by atoms with Crippen molar-refractivity contribution in [1.82, 2.24) is 15.1 Å². The van der Waals surface area contributed by atoms with E-state index in [-0.39, 0.29) is 0 Å². The fourth-order valence-corrected chi connectivity index (χ4v) is 5.20. The molecule has 3 heterocycles. The Morgan fingerprint density at radius 2 is 1.70 bits per heavy atom. The summed E-state index contributed by atoms with van der Waals surface area (Å²) in [6.07, 6.45) is 7.30. The van der Waals surface area contributed by atoms with E-state index in [9.17, 15) is 0 Å². The average molecular weight is 277 g/mol. The first-order valence-corrected chi connectivity index (χ1v) is 8.79. The molecule has 0 atom stereocenters. The average Bonchev–Trinajstić information content (AvgIpc) is 2.83. The molecule has 4 aliphatic rings. The molecule has 3 aliphatic heterocycles. The van der Waals surface area contributed by atoms with Gasteiger partial charge in [-0.3, -0.25) is 4.90 Å². The van der Waals surface area contributed by atoms with Gasteiger partial charge in [0, 0.05) is 31.7 Å². The highest BCUT2D eigenvalue weighted by atomic mass is 15.3. The SMILES string of the molecule is CC(C)N1CC2(CCN(C3CC4(CCNC4)C3)CC2)C1. The number of hydrogen-bond acceptors (Lipinski definition) is 3. The lowest BCUT2D eigenvalue weighted by Crippen LogP contribution is -2.63. The number of likely N-dealkylation sites (tertiary alicyclic amines) is 2. The van der Waals surface area contributed by atoms with E-state index in [0.717, 1.165) is 12.1 Å². The third kappa shape index (κ3) is 2.13. The van der Waals surface area contributed by atoms with Crippen molar-refractivity contribution in [3.05, 3.63) is 0 Å². The molecular formula is C17H31N3. The number of piperidine rings is 1. The zero-order valence-electron chi connectivity index (χ0n) is 13.3. The normalized spacial score (nSPS) is 41.2. The molecule has 0 aromatic carbocycles. The molecule has 3 heteroatoms. The van der Waals surface area contributed by atoms with Crippen molar-refractivity contribution in [2.75, 3.05) is 39.3 Å². The first-order valence-electron chi connectivity index (χ1n) is 8.79. The van der Waals surface area contributed by atoms with E-state index < -0.39 is 0 Å². The smallest absolute Gasteiger partial charge is 0.0107 e. The Balaban J connectivity index is 1.25. The summed E-state index contributed by atoms with van der Waals surface area (Å²) in [5.41, 5.74) is 1.42. The van der Waals surface area contributed by atoms with Gasteiger partial charge in [-0.1, -0.05) is 0 Å². The molecular weight excluding hydrogens is 246 g/mol. The molecule has 2 spiro atoms. The maximum absolute atomic E-state index is 3.56. The van der Waals surface area contributed by atoms with Crippen LogP contribution in [0.5, 0.6) is 0 Å². The summed E-state index contributed by atoms with van der Waals surface area (Å²) < 4.78 is 0. The molecule has 0 amide bonds. The molecule has 3 nitrogen and oxygen atoms in total. The van der Waals surface area contributed by atoms with Gasteiger partial charge in [0.25, 0.3) is 0 Å². The highest BCUT2D eigenvalue weighted by Gasteiger charge is 2.51. The van der Waals surface area contributed by atoms with Crippen LogP contribution in [0, 0.1) is 10.8 Å². The molecule has 114 valence electrons. The van der Waals surface area contributed by atoms with Gasteiger partial charge in [-0.05, 0) is 76.4 Å². The minimum absolute atomic E-state index is 0.705. The molecule has 1 saturated carbocycles. The van der Waals surface area contributed by atoms with Crippen LogP contribution in [0.2, 0.25) is 0 Å². The van der Waals surface area contributed by atoms with Crippen LogP contribution in [0.1, 0.15) is 46.0 Å². The van der Waals surface area contributed by atoms with Crippen LogP contribution in [-0.2, 0) is 0 Å². The van der Waals surface area contributed by atoms with Gasteiger partial charge >= 0.3 is 0 Å². The van der Waals surface area contributed by atoms with Crippen molar-refractivity contribution in [1.29, 1.82) is 0 Å². The van der Waals surface area contributed by atoms with E-state index in [1.165, 1.54) is 71.4 Å². The van der Waals surface area contributed by atoms with Crippen LogP contribution in [0.4, 0.5) is 0 Å². The van der Waals surface area contributed by atoms with E-state index >= 15 is 0 Å². The fourth-order valence-electron chi connectivity index (χ4n) is 5.20. The largest absolute Gasteiger partial charge is 0.316 e. The molecule has 20 heavy (non-hydrogen) atoms. The second kappa shape index (κ2) is 4.69. The molecule has 4 fully saturated rings. The molecule has 0 aromatic heterocycles. The van der Waals surface area contributed by atoms with Crippen molar-refractivity contribution < 1.29 is 0 Å². The van der Waals surface area contributed by atoms with E-state index in [0.29, 0.717) is 10.8 Å². The first kappa shape index (κ1) is 13.5. The standard InChI is InChI=1S/C17H31N3/c1-14(2)20-12-16(13-20)4-7-19(8-5-16)15-9-17(10-15)3-6-18-11-17/h14-15,18H,3-13H2,1-2H3. The van der Waals surface area contributed by atoms with E-state index in [1.807, 2.05) is 0 Å². The Labute approximate surface area is 124 Å². The molecule has 1 N–H and O–H groups in total. The summed E-state index contributed by atoms with van der Waals surface area (Å²) in [5.74, 6) is 0. The summed E-state index contributed by atoms with van der Waals surface area (Å²) in [4.78, 5) is 5.48. The summed E-state index contributed by atoms with van der Waals surface area (Å²) in [6.45, 7) is 12.7. The van der Waals surface area contributed by atoms with Crippen molar-refractivity contribution in [2.45, 2.75) is 58.0 Å². The maximum Gasteiger partial charge on any atom is 0.0107 e. The zero-order valence-corrected chi connectivity index (χ0v) is 13.3. The van der Waals surface area contributed by atoms with Gasteiger partial charge in [0.05, 0.1) is 0 Å². The number of hydrogen-bond donors (Lipinski definition) is 1.